The van der Waals surface area contributed by atoms with Crippen molar-refractivity contribution in [2.24, 2.45) is 5.73 Å². The molecule has 2 rings (SSSR count). The second kappa shape index (κ2) is 6.80. The highest BCUT2D eigenvalue weighted by Crippen LogP contribution is 2.17. The standard InChI is InChI=1S/C15H19N3O2S/c1-2-18(12-13-6-4-3-5-7-13)21(19,20)15-9-8-14(10-16)17-11-15/h3-9,11H,2,10,12,16H2,1H3. The maximum Gasteiger partial charge on any atom is 0.244 e. The smallest absolute Gasteiger partial charge is 0.244 e. The number of sulfonamides is 1. The van der Waals surface area contributed by atoms with Gasteiger partial charge in [0, 0.05) is 25.8 Å². The maximum atomic E-state index is 12.6. The van der Waals surface area contributed by atoms with Gasteiger partial charge in [0.05, 0.1) is 5.69 Å². The Morgan fingerprint density at radius 2 is 1.86 bits per heavy atom. The molecule has 1 heterocycles. The number of rotatable bonds is 6. The largest absolute Gasteiger partial charge is 0.325 e. The van der Waals surface area contributed by atoms with Gasteiger partial charge in [0.15, 0.2) is 0 Å². The SMILES string of the molecule is CCN(Cc1ccccc1)S(=O)(=O)c1ccc(CN)nc1. The molecule has 2 aromatic rings. The van der Waals surface area contributed by atoms with E-state index < -0.39 is 10.0 Å². The van der Waals surface area contributed by atoms with E-state index in [2.05, 4.69) is 4.98 Å². The van der Waals surface area contributed by atoms with Crippen molar-refractivity contribution in [2.75, 3.05) is 6.54 Å². The quantitative estimate of drug-likeness (QED) is 0.882. The molecule has 0 spiro atoms. The molecule has 6 heteroatoms. The molecule has 21 heavy (non-hydrogen) atoms. The van der Waals surface area contributed by atoms with Crippen LogP contribution in [0.5, 0.6) is 0 Å². The summed E-state index contributed by atoms with van der Waals surface area (Å²) >= 11 is 0. The molecule has 0 aliphatic carbocycles. The van der Waals surface area contributed by atoms with Crippen LogP contribution in [-0.4, -0.2) is 24.3 Å². The van der Waals surface area contributed by atoms with E-state index in [4.69, 9.17) is 5.73 Å². The zero-order chi connectivity index (χ0) is 15.3. The monoisotopic (exact) mass is 305 g/mol. The molecule has 0 atom stereocenters. The van der Waals surface area contributed by atoms with Gasteiger partial charge in [0.2, 0.25) is 10.0 Å². The summed E-state index contributed by atoms with van der Waals surface area (Å²) in [5, 5.41) is 0. The van der Waals surface area contributed by atoms with Gasteiger partial charge in [-0.3, -0.25) is 4.98 Å². The summed E-state index contributed by atoms with van der Waals surface area (Å²) in [4.78, 5) is 4.25. The predicted molar refractivity (Wildman–Crippen MR) is 81.8 cm³/mol. The molecule has 1 aromatic carbocycles. The Morgan fingerprint density at radius 3 is 2.38 bits per heavy atom. The van der Waals surface area contributed by atoms with Crippen LogP contribution in [0.25, 0.3) is 0 Å². The highest BCUT2D eigenvalue weighted by Gasteiger charge is 2.23. The normalized spacial score (nSPS) is 11.8. The average molecular weight is 305 g/mol. The molecule has 0 unspecified atom stereocenters. The molecule has 0 amide bonds. The van der Waals surface area contributed by atoms with Gasteiger partial charge in [0.1, 0.15) is 4.90 Å². The van der Waals surface area contributed by atoms with E-state index in [0.29, 0.717) is 25.3 Å². The van der Waals surface area contributed by atoms with Gasteiger partial charge >= 0.3 is 0 Å². The van der Waals surface area contributed by atoms with Crippen LogP contribution in [0, 0.1) is 0 Å². The zero-order valence-corrected chi connectivity index (χ0v) is 12.8. The molecule has 5 nitrogen and oxygen atoms in total. The molecule has 0 saturated heterocycles. The number of nitrogens with two attached hydrogens (primary N) is 1. The number of hydrogen-bond donors (Lipinski definition) is 1. The average Bonchev–Trinajstić information content (AvgIpc) is 2.53. The van der Waals surface area contributed by atoms with Crippen LogP contribution in [0.3, 0.4) is 0 Å². The van der Waals surface area contributed by atoms with Gasteiger partial charge < -0.3 is 5.73 Å². The lowest BCUT2D eigenvalue weighted by molar-refractivity contribution is 0.423. The van der Waals surface area contributed by atoms with Gasteiger partial charge in [-0.2, -0.15) is 4.31 Å². The number of pyridine rings is 1. The Labute approximate surface area is 125 Å². The van der Waals surface area contributed by atoms with Gasteiger partial charge in [-0.1, -0.05) is 37.3 Å². The van der Waals surface area contributed by atoms with Crippen molar-refractivity contribution in [2.45, 2.75) is 24.9 Å². The van der Waals surface area contributed by atoms with Gasteiger partial charge in [0.25, 0.3) is 0 Å². The molecule has 2 N–H and O–H groups in total. The lowest BCUT2D eigenvalue weighted by atomic mass is 10.2. The Morgan fingerprint density at radius 1 is 1.14 bits per heavy atom. The molecule has 0 fully saturated rings. The first-order valence-electron chi connectivity index (χ1n) is 6.77. The summed E-state index contributed by atoms with van der Waals surface area (Å²) in [6.07, 6.45) is 1.37. The van der Waals surface area contributed by atoms with E-state index in [9.17, 15) is 8.42 Å². The number of hydrogen-bond acceptors (Lipinski definition) is 4. The summed E-state index contributed by atoms with van der Waals surface area (Å²) in [5.41, 5.74) is 7.09. The molecular weight excluding hydrogens is 286 g/mol. The molecule has 1 aromatic heterocycles. The summed E-state index contributed by atoms with van der Waals surface area (Å²) in [6, 6.07) is 12.7. The van der Waals surface area contributed by atoms with Crippen LogP contribution < -0.4 is 5.73 Å². The first kappa shape index (κ1) is 15.6. The molecule has 0 radical (unpaired) electrons. The van der Waals surface area contributed by atoms with E-state index in [1.165, 1.54) is 10.5 Å². The molecule has 0 bridgehead atoms. The second-order valence-electron chi connectivity index (χ2n) is 4.61. The third-order valence-electron chi connectivity index (χ3n) is 3.20. The minimum Gasteiger partial charge on any atom is -0.325 e. The van der Waals surface area contributed by atoms with Crippen LogP contribution >= 0.6 is 0 Å². The third kappa shape index (κ3) is 3.66. The van der Waals surface area contributed by atoms with E-state index in [0.717, 1.165) is 5.56 Å². The van der Waals surface area contributed by atoms with Crippen molar-refractivity contribution in [1.82, 2.24) is 9.29 Å². The Kier molecular flexibility index (Phi) is 5.06. The number of benzene rings is 1. The summed E-state index contributed by atoms with van der Waals surface area (Å²) in [6.45, 7) is 2.86. The minimum atomic E-state index is -3.54. The van der Waals surface area contributed by atoms with Crippen LogP contribution in [0.1, 0.15) is 18.2 Å². The number of nitrogens with zero attached hydrogens (tertiary/aromatic N) is 2. The first-order chi connectivity index (χ1) is 10.1. The van der Waals surface area contributed by atoms with Crippen molar-refractivity contribution in [3.63, 3.8) is 0 Å². The summed E-state index contributed by atoms with van der Waals surface area (Å²) in [7, 11) is -3.54. The van der Waals surface area contributed by atoms with E-state index in [1.54, 1.807) is 12.1 Å². The summed E-state index contributed by atoms with van der Waals surface area (Å²) in [5.74, 6) is 0. The van der Waals surface area contributed by atoms with Crippen LogP contribution in [0.2, 0.25) is 0 Å². The van der Waals surface area contributed by atoms with Crippen molar-refractivity contribution < 1.29 is 8.42 Å². The molecule has 0 aliphatic heterocycles. The predicted octanol–water partition coefficient (Wildman–Crippen LogP) is 1.75. The minimum absolute atomic E-state index is 0.192. The molecule has 0 aliphatic rings. The van der Waals surface area contributed by atoms with Crippen LogP contribution in [-0.2, 0) is 23.1 Å². The van der Waals surface area contributed by atoms with Gasteiger partial charge in [-0.25, -0.2) is 8.42 Å². The van der Waals surface area contributed by atoms with Gasteiger partial charge in [-0.05, 0) is 17.7 Å². The number of aromatic nitrogens is 1. The fraction of sp³-hybridized carbons (Fsp3) is 0.267. The Hall–Kier alpha value is -1.76. The van der Waals surface area contributed by atoms with E-state index >= 15 is 0 Å². The van der Waals surface area contributed by atoms with Crippen molar-refractivity contribution in [1.29, 1.82) is 0 Å². The fourth-order valence-electron chi connectivity index (χ4n) is 1.99. The van der Waals surface area contributed by atoms with Gasteiger partial charge in [-0.15, -0.1) is 0 Å². The highest BCUT2D eigenvalue weighted by molar-refractivity contribution is 7.89. The maximum absolute atomic E-state index is 12.6. The third-order valence-corrected chi connectivity index (χ3v) is 5.10. The first-order valence-corrected chi connectivity index (χ1v) is 8.21. The van der Waals surface area contributed by atoms with E-state index in [1.807, 2.05) is 37.3 Å². The Bertz CT molecular complexity index is 670. The van der Waals surface area contributed by atoms with E-state index in [-0.39, 0.29) is 4.90 Å². The second-order valence-corrected chi connectivity index (χ2v) is 6.54. The zero-order valence-electron chi connectivity index (χ0n) is 11.9. The lowest BCUT2D eigenvalue weighted by Crippen LogP contribution is -2.30. The Balaban J connectivity index is 2.26. The highest BCUT2D eigenvalue weighted by atomic mass is 32.2. The van der Waals surface area contributed by atoms with Crippen molar-refractivity contribution >= 4 is 10.0 Å². The lowest BCUT2D eigenvalue weighted by Gasteiger charge is -2.20. The molecule has 0 saturated carbocycles. The fourth-order valence-corrected chi connectivity index (χ4v) is 3.37. The van der Waals surface area contributed by atoms with Crippen molar-refractivity contribution in [3.8, 4) is 0 Å². The summed E-state index contributed by atoms with van der Waals surface area (Å²) < 4.78 is 26.7. The molecular formula is C15H19N3O2S. The van der Waals surface area contributed by atoms with Crippen LogP contribution in [0.15, 0.2) is 53.6 Å². The topological polar surface area (TPSA) is 76.3 Å². The van der Waals surface area contributed by atoms with Crippen LogP contribution in [0.4, 0.5) is 0 Å². The molecule has 112 valence electrons. The van der Waals surface area contributed by atoms with Crippen molar-refractivity contribution in [3.05, 3.63) is 59.9 Å².